The normalized spacial score (nSPS) is 13.4. The fourth-order valence-corrected chi connectivity index (χ4v) is 3.63. The van der Waals surface area contributed by atoms with Gasteiger partial charge in [-0.15, -0.1) is 0 Å². The van der Waals surface area contributed by atoms with Crippen LogP contribution in [-0.2, 0) is 14.8 Å². The standard InChI is InChI=1S/C13H17N3O4S/c1-2-4-9(7-12(17)18)16-21(19,20)11-8-15-13-10(11)5-3-6-14-13/h3,5-6,8-9,16H,2,4,7H2,1H3,(H,14,15)(H,17,18). The predicted octanol–water partition coefficient (Wildman–Crippen LogP) is 1.48. The van der Waals surface area contributed by atoms with Crippen molar-refractivity contribution in [2.45, 2.75) is 37.1 Å². The van der Waals surface area contributed by atoms with Crippen LogP contribution in [0.3, 0.4) is 0 Å². The quantitative estimate of drug-likeness (QED) is 0.717. The molecule has 0 aliphatic rings. The maximum Gasteiger partial charge on any atom is 0.304 e. The van der Waals surface area contributed by atoms with Crippen molar-refractivity contribution in [3.8, 4) is 0 Å². The molecule has 1 atom stereocenters. The highest BCUT2D eigenvalue weighted by Crippen LogP contribution is 2.21. The van der Waals surface area contributed by atoms with Gasteiger partial charge >= 0.3 is 5.97 Å². The van der Waals surface area contributed by atoms with Gasteiger partial charge in [0.15, 0.2) is 0 Å². The topological polar surface area (TPSA) is 112 Å². The maximum atomic E-state index is 12.4. The number of carboxylic acids is 1. The highest BCUT2D eigenvalue weighted by molar-refractivity contribution is 7.89. The second-order valence-corrected chi connectivity index (χ2v) is 6.44. The SMILES string of the molecule is CCCC(CC(=O)O)NS(=O)(=O)c1c[nH]c2ncccc12. The smallest absolute Gasteiger partial charge is 0.304 e. The molecule has 8 heteroatoms. The molecular weight excluding hydrogens is 294 g/mol. The Labute approximate surface area is 122 Å². The number of aromatic amines is 1. The summed E-state index contributed by atoms with van der Waals surface area (Å²) in [4.78, 5) is 17.7. The van der Waals surface area contributed by atoms with E-state index in [2.05, 4.69) is 14.7 Å². The molecule has 0 aliphatic heterocycles. The van der Waals surface area contributed by atoms with E-state index in [1.165, 1.54) is 6.20 Å². The molecule has 114 valence electrons. The van der Waals surface area contributed by atoms with Gasteiger partial charge in [-0.3, -0.25) is 4.79 Å². The molecule has 0 fully saturated rings. The number of nitrogens with one attached hydrogen (secondary N) is 2. The molecule has 0 saturated heterocycles. The first-order valence-electron chi connectivity index (χ1n) is 6.60. The van der Waals surface area contributed by atoms with Crippen LogP contribution < -0.4 is 4.72 Å². The molecule has 0 aliphatic carbocycles. The number of aliphatic carboxylic acids is 1. The number of hydrogen-bond acceptors (Lipinski definition) is 4. The molecule has 7 nitrogen and oxygen atoms in total. The summed E-state index contributed by atoms with van der Waals surface area (Å²) in [7, 11) is -3.80. The van der Waals surface area contributed by atoms with E-state index in [9.17, 15) is 13.2 Å². The summed E-state index contributed by atoms with van der Waals surface area (Å²) >= 11 is 0. The summed E-state index contributed by atoms with van der Waals surface area (Å²) in [5, 5.41) is 9.34. The van der Waals surface area contributed by atoms with E-state index in [4.69, 9.17) is 5.11 Å². The first-order chi connectivity index (χ1) is 9.94. The summed E-state index contributed by atoms with van der Waals surface area (Å²) < 4.78 is 27.3. The second-order valence-electron chi connectivity index (χ2n) is 4.76. The van der Waals surface area contributed by atoms with Crippen LogP contribution in [0.2, 0.25) is 0 Å². The van der Waals surface area contributed by atoms with Gasteiger partial charge in [0.25, 0.3) is 0 Å². The van der Waals surface area contributed by atoms with Crippen molar-refractivity contribution in [2.75, 3.05) is 0 Å². The Kier molecular flexibility index (Phi) is 4.59. The van der Waals surface area contributed by atoms with Gasteiger partial charge in [0.1, 0.15) is 10.5 Å². The van der Waals surface area contributed by atoms with Gasteiger partial charge < -0.3 is 10.1 Å². The van der Waals surface area contributed by atoms with Gasteiger partial charge in [-0.25, -0.2) is 18.1 Å². The summed E-state index contributed by atoms with van der Waals surface area (Å²) in [6, 6.07) is 2.68. The number of carboxylic acid groups (broad SMARTS) is 1. The zero-order chi connectivity index (χ0) is 15.5. The summed E-state index contributed by atoms with van der Waals surface area (Å²) in [6.07, 6.45) is 3.84. The van der Waals surface area contributed by atoms with Crippen LogP contribution >= 0.6 is 0 Å². The third kappa shape index (κ3) is 3.59. The Morgan fingerprint density at radius 1 is 1.52 bits per heavy atom. The maximum absolute atomic E-state index is 12.4. The van der Waals surface area contributed by atoms with Crippen LogP contribution in [-0.4, -0.2) is 35.5 Å². The molecule has 0 radical (unpaired) electrons. The zero-order valence-electron chi connectivity index (χ0n) is 11.5. The monoisotopic (exact) mass is 311 g/mol. The first kappa shape index (κ1) is 15.5. The molecule has 21 heavy (non-hydrogen) atoms. The second kappa shape index (κ2) is 6.23. The lowest BCUT2D eigenvalue weighted by molar-refractivity contribution is -0.137. The minimum Gasteiger partial charge on any atom is -0.481 e. The van der Waals surface area contributed by atoms with Crippen LogP contribution in [0.15, 0.2) is 29.4 Å². The number of fused-ring (bicyclic) bond motifs is 1. The van der Waals surface area contributed by atoms with Crippen LogP contribution in [0.5, 0.6) is 0 Å². The number of aromatic nitrogens is 2. The van der Waals surface area contributed by atoms with Gasteiger partial charge in [-0.2, -0.15) is 0 Å². The lowest BCUT2D eigenvalue weighted by Gasteiger charge is -2.15. The van der Waals surface area contributed by atoms with Crippen LogP contribution in [0.25, 0.3) is 11.0 Å². The van der Waals surface area contributed by atoms with Crippen LogP contribution in [0.1, 0.15) is 26.2 Å². The summed E-state index contributed by atoms with van der Waals surface area (Å²) in [5.74, 6) is -1.03. The number of rotatable bonds is 7. The Balaban J connectivity index is 2.30. The van der Waals surface area contributed by atoms with Crippen molar-refractivity contribution in [1.29, 1.82) is 0 Å². The molecule has 2 aromatic heterocycles. The molecule has 2 heterocycles. The van der Waals surface area contributed by atoms with Crippen molar-refractivity contribution < 1.29 is 18.3 Å². The Hall–Kier alpha value is -1.93. The predicted molar refractivity (Wildman–Crippen MR) is 77.4 cm³/mol. The van der Waals surface area contributed by atoms with Crippen molar-refractivity contribution >= 4 is 27.0 Å². The minimum atomic E-state index is -3.80. The Bertz CT molecular complexity index is 739. The summed E-state index contributed by atoms with van der Waals surface area (Å²) in [6.45, 7) is 1.87. The van der Waals surface area contributed by atoms with Gasteiger partial charge in [-0.1, -0.05) is 13.3 Å². The van der Waals surface area contributed by atoms with Crippen molar-refractivity contribution in [3.05, 3.63) is 24.5 Å². The van der Waals surface area contributed by atoms with E-state index in [1.54, 1.807) is 18.3 Å². The van der Waals surface area contributed by atoms with E-state index in [0.29, 0.717) is 23.9 Å². The third-order valence-electron chi connectivity index (χ3n) is 3.08. The lowest BCUT2D eigenvalue weighted by Crippen LogP contribution is -2.36. The lowest BCUT2D eigenvalue weighted by atomic mass is 10.1. The molecule has 0 bridgehead atoms. The number of pyridine rings is 1. The zero-order valence-corrected chi connectivity index (χ0v) is 12.4. The molecule has 0 saturated carbocycles. The third-order valence-corrected chi connectivity index (χ3v) is 4.64. The van der Waals surface area contributed by atoms with E-state index in [1.807, 2.05) is 6.92 Å². The molecule has 0 amide bonds. The van der Waals surface area contributed by atoms with E-state index < -0.39 is 22.0 Å². The minimum absolute atomic E-state index is 0.0806. The molecule has 0 spiro atoms. The fourth-order valence-electron chi connectivity index (χ4n) is 2.20. The highest BCUT2D eigenvalue weighted by atomic mass is 32.2. The van der Waals surface area contributed by atoms with E-state index in [-0.39, 0.29) is 11.3 Å². The van der Waals surface area contributed by atoms with E-state index in [0.717, 1.165) is 0 Å². The molecule has 2 rings (SSSR count). The Morgan fingerprint density at radius 3 is 2.95 bits per heavy atom. The Morgan fingerprint density at radius 2 is 2.29 bits per heavy atom. The average Bonchev–Trinajstić information content (AvgIpc) is 2.82. The van der Waals surface area contributed by atoms with Gasteiger partial charge in [-0.05, 0) is 18.6 Å². The molecule has 2 aromatic rings. The van der Waals surface area contributed by atoms with Gasteiger partial charge in [0.05, 0.1) is 6.42 Å². The van der Waals surface area contributed by atoms with Gasteiger partial charge in [0.2, 0.25) is 10.0 Å². The van der Waals surface area contributed by atoms with Crippen molar-refractivity contribution in [3.63, 3.8) is 0 Å². The van der Waals surface area contributed by atoms with Crippen LogP contribution in [0.4, 0.5) is 0 Å². The molecular formula is C13H17N3O4S. The number of sulfonamides is 1. The molecule has 3 N–H and O–H groups in total. The average molecular weight is 311 g/mol. The largest absolute Gasteiger partial charge is 0.481 e. The van der Waals surface area contributed by atoms with Crippen molar-refractivity contribution in [2.24, 2.45) is 0 Å². The number of H-pyrrole nitrogens is 1. The first-order valence-corrected chi connectivity index (χ1v) is 8.08. The molecule has 1 unspecified atom stereocenters. The number of hydrogen-bond donors (Lipinski definition) is 3. The van der Waals surface area contributed by atoms with Crippen molar-refractivity contribution in [1.82, 2.24) is 14.7 Å². The summed E-state index contributed by atoms with van der Waals surface area (Å²) in [5.41, 5.74) is 0.475. The van der Waals surface area contributed by atoms with E-state index >= 15 is 0 Å². The fraction of sp³-hybridized carbons (Fsp3) is 0.385. The van der Waals surface area contributed by atoms with Gasteiger partial charge in [0, 0.05) is 23.8 Å². The number of nitrogens with zero attached hydrogens (tertiary/aromatic N) is 1. The number of carbonyl (C=O) groups is 1. The van der Waals surface area contributed by atoms with Crippen LogP contribution in [0, 0.1) is 0 Å². The highest BCUT2D eigenvalue weighted by Gasteiger charge is 2.24. The molecule has 0 aromatic carbocycles.